The highest BCUT2D eigenvalue weighted by molar-refractivity contribution is 6.30. The summed E-state index contributed by atoms with van der Waals surface area (Å²) in [4.78, 5) is 29.4. The van der Waals surface area contributed by atoms with Gasteiger partial charge in [-0.1, -0.05) is 29.8 Å². The molecule has 2 aliphatic rings. The van der Waals surface area contributed by atoms with Crippen molar-refractivity contribution in [2.45, 2.75) is 43.6 Å². The molecule has 0 saturated heterocycles. The van der Waals surface area contributed by atoms with E-state index in [0.29, 0.717) is 21.8 Å². The number of carbonyl (C=O) groups is 2. The Bertz CT molecular complexity index is 1090. The highest BCUT2D eigenvalue weighted by Crippen LogP contribution is 2.49. The molecule has 0 heterocycles. The van der Waals surface area contributed by atoms with Crippen LogP contribution >= 0.6 is 11.6 Å². The zero-order valence-electron chi connectivity index (χ0n) is 17.0. The molecule has 0 spiro atoms. The van der Waals surface area contributed by atoms with Crippen LogP contribution in [0.15, 0.2) is 53.7 Å². The van der Waals surface area contributed by atoms with E-state index in [1.165, 1.54) is 12.3 Å². The van der Waals surface area contributed by atoms with Crippen LogP contribution in [-0.2, 0) is 10.2 Å². The third-order valence-corrected chi connectivity index (χ3v) is 6.29. The lowest BCUT2D eigenvalue weighted by Crippen LogP contribution is -2.28. The summed E-state index contributed by atoms with van der Waals surface area (Å²) in [6.07, 6.45) is 7.69. The molecule has 2 fully saturated rings. The van der Waals surface area contributed by atoms with E-state index < -0.39 is 11.4 Å². The summed E-state index contributed by atoms with van der Waals surface area (Å²) < 4.78 is 0. The quantitative estimate of drug-likeness (QED) is 0.549. The molecule has 0 bridgehead atoms. The maximum Gasteiger partial charge on any atom is 0.336 e. The van der Waals surface area contributed by atoms with Gasteiger partial charge in [-0.15, -0.1) is 0 Å². The molecule has 6 nitrogen and oxygen atoms in total. The second-order valence-corrected chi connectivity index (χ2v) is 8.53. The van der Waals surface area contributed by atoms with Gasteiger partial charge in [0.15, 0.2) is 0 Å². The predicted octanol–water partition coefficient (Wildman–Crippen LogP) is 4.63. The minimum Gasteiger partial charge on any atom is -0.478 e. The summed E-state index contributed by atoms with van der Waals surface area (Å²) in [5, 5.41) is 13.2. The van der Waals surface area contributed by atoms with Gasteiger partial charge < -0.3 is 16.2 Å². The molecule has 0 aliphatic heterocycles. The Kier molecular flexibility index (Phi) is 5.83. The number of carbonyl (C=O) groups excluding carboxylic acids is 1. The first-order chi connectivity index (χ1) is 14.9. The number of nitrogens with two attached hydrogens (primary N) is 1. The summed E-state index contributed by atoms with van der Waals surface area (Å²) in [6, 6.07) is 12.4. The van der Waals surface area contributed by atoms with Gasteiger partial charge in [-0.3, -0.25) is 9.79 Å². The maximum absolute atomic E-state index is 13.0. The van der Waals surface area contributed by atoms with Crippen molar-refractivity contribution >= 4 is 41.0 Å². The molecule has 2 aromatic rings. The Morgan fingerprint density at radius 2 is 1.94 bits per heavy atom. The van der Waals surface area contributed by atoms with Crippen LogP contribution in [0.3, 0.4) is 0 Å². The van der Waals surface area contributed by atoms with Crippen molar-refractivity contribution < 1.29 is 14.7 Å². The van der Waals surface area contributed by atoms with Crippen LogP contribution in [0.1, 0.15) is 53.6 Å². The van der Waals surface area contributed by atoms with Crippen LogP contribution in [0.25, 0.3) is 5.57 Å². The molecule has 2 aromatic carbocycles. The Morgan fingerprint density at radius 1 is 1.16 bits per heavy atom. The number of carboxylic acids is 1. The Morgan fingerprint density at radius 3 is 2.52 bits per heavy atom. The van der Waals surface area contributed by atoms with Gasteiger partial charge in [0.25, 0.3) is 0 Å². The summed E-state index contributed by atoms with van der Waals surface area (Å²) in [7, 11) is 0. The van der Waals surface area contributed by atoms with E-state index in [9.17, 15) is 14.7 Å². The van der Waals surface area contributed by atoms with Gasteiger partial charge in [-0.2, -0.15) is 0 Å². The average Bonchev–Trinajstić information content (AvgIpc) is 3.52. The minimum absolute atomic E-state index is 0.0576. The minimum atomic E-state index is -1.10. The van der Waals surface area contributed by atoms with Crippen LogP contribution in [0.4, 0.5) is 5.69 Å². The Labute approximate surface area is 185 Å². The second kappa shape index (κ2) is 8.55. The number of aromatic carboxylic acids is 1. The number of allylic oxidation sites excluding steroid dienone is 1. The number of benzene rings is 2. The van der Waals surface area contributed by atoms with E-state index in [2.05, 4.69) is 10.3 Å². The van der Waals surface area contributed by atoms with Gasteiger partial charge in [0, 0.05) is 34.7 Å². The predicted molar refractivity (Wildman–Crippen MR) is 123 cm³/mol. The third kappa shape index (κ3) is 4.35. The van der Waals surface area contributed by atoms with E-state index in [1.54, 1.807) is 30.5 Å². The van der Waals surface area contributed by atoms with Crippen LogP contribution in [0.2, 0.25) is 5.02 Å². The van der Waals surface area contributed by atoms with Crippen LogP contribution in [-0.4, -0.2) is 29.2 Å². The Hall–Kier alpha value is -3.12. The summed E-state index contributed by atoms with van der Waals surface area (Å²) in [5.41, 5.74) is 7.49. The lowest BCUT2D eigenvalue weighted by molar-refractivity contribution is -0.118. The van der Waals surface area contributed by atoms with Gasteiger partial charge in [-0.05, 0) is 67.5 Å². The van der Waals surface area contributed by atoms with Crippen LogP contribution in [0, 0.1) is 0 Å². The van der Waals surface area contributed by atoms with E-state index in [1.807, 2.05) is 12.1 Å². The van der Waals surface area contributed by atoms with Crippen molar-refractivity contribution in [3.05, 3.63) is 70.4 Å². The van der Waals surface area contributed by atoms with E-state index in [-0.39, 0.29) is 17.5 Å². The number of hydrogen-bond donors (Lipinski definition) is 3. The van der Waals surface area contributed by atoms with Crippen molar-refractivity contribution in [2.75, 3.05) is 5.32 Å². The van der Waals surface area contributed by atoms with E-state index in [4.69, 9.17) is 17.3 Å². The number of hydrogen-bond acceptors (Lipinski definition) is 4. The molecule has 0 unspecified atom stereocenters. The van der Waals surface area contributed by atoms with Gasteiger partial charge in [-0.25, -0.2) is 4.79 Å². The molecule has 0 radical (unpaired) electrons. The number of halogens is 1. The topological polar surface area (TPSA) is 105 Å². The highest BCUT2D eigenvalue weighted by atomic mass is 35.5. The first-order valence-electron chi connectivity index (χ1n) is 10.3. The highest BCUT2D eigenvalue weighted by Gasteiger charge is 2.51. The molecule has 0 atom stereocenters. The van der Waals surface area contributed by atoms with Gasteiger partial charge >= 0.3 is 5.97 Å². The first-order valence-corrected chi connectivity index (χ1v) is 10.7. The number of nitrogens with one attached hydrogen (secondary N) is 1. The zero-order chi connectivity index (χ0) is 22.0. The maximum atomic E-state index is 13.0. The number of carboxylic acid groups (broad SMARTS) is 1. The monoisotopic (exact) mass is 437 g/mol. The lowest BCUT2D eigenvalue weighted by Gasteiger charge is -2.20. The second-order valence-electron chi connectivity index (χ2n) is 8.10. The van der Waals surface area contributed by atoms with Crippen LogP contribution in [0.5, 0.6) is 0 Å². The first kappa shape index (κ1) is 21.1. The van der Waals surface area contributed by atoms with Crippen molar-refractivity contribution in [2.24, 2.45) is 10.7 Å². The molecule has 4 N–H and O–H groups in total. The van der Waals surface area contributed by atoms with Crippen molar-refractivity contribution in [1.82, 2.24) is 0 Å². The molecular formula is C24H24ClN3O3. The standard InChI is InChI=1S/C24H24ClN3O3/c25-17-4-1-3-16(11-17)24(9-10-24)23(31)28-19-7-8-20(21(12-19)22(29)30)15(13-26)14-27-18-5-2-6-18/h1,3-4,7-8,11-14,18H,2,5-6,9-10,26H2,(H,28,31)(H,29,30). The summed E-state index contributed by atoms with van der Waals surface area (Å²) in [5.74, 6) is -1.27. The van der Waals surface area contributed by atoms with Gasteiger partial charge in [0.05, 0.1) is 11.0 Å². The molecule has 4 rings (SSSR count). The van der Waals surface area contributed by atoms with Crippen LogP contribution < -0.4 is 11.1 Å². The molecule has 2 saturated carbocycles. The molecule has 7 heteroatoms. The Balaban J connectivity index is 1.57. The number of anilines is 1. The molecule has 160 valence electrons. The third-order valence-electron chi connectivity index (χ3n) is 6.06. The molecular weight excluding hydrogens is 414 g/mol. The SMILES string of the molecule is NC=C(C=NC1CCC1)c1ccc(NC(=O)C2(c3cccc(Cl)c3)CC2)cc1C(=O)O. The van der Waals surface area contributed by atoms with Gasteiger partial charge in [0.1, 0.15) is 0 Å². The lowest BCUT2D eigenvalue weighted by atomic mass is 9.93. The number of nitrogens with zero attached hydrogens (tertiary/aromatic N) is 1. The largest absolute Gasteiger partial charge is 0.478 e. The molecule has 0 aromatic heterocycles. The number of amides is 1. The average molecular weight is 438 g/mol. The molecule has 2 aliphatic carbocycles. The van der Waals surface area contributed by atoms with E-state index in [0.717, 1.165) is 37.7 Å². The van der Waals surface area contributed by atoms with Crippen molar-refractivity contribution in [1.29, 1.82) is 0 Å². The fourth-order valence-corrected chi connectivity index (χ4v) is 3.97. The van der Waals surface area contributed by atoms with E-state index >= 15 is 0 Å². The molecule has 1 amide bonds. The smallest absolute Gasteiger partial charge is 0.336 e. The van der Waals surface area contributed by atoms with Crippen molar-refractivity contribution in [3.63, 3.8) is 0 Å². The number of aliphatic imine (C=N–C) groups is 1. The summed E-state index contributed by atoms with van der Waals surface area (Å²) in [6.45, 7) is 0. The molecule has 31 heavy (non-hydrogen) atoms. The summed E-state index contributed by atoms with van der Waals surface area (Å²) >= 11 is 6.09. The fourth-order valence-electron chi connectivity index (χ4n) is 3.78. The zero-order valence-corrected chi connectivity index (χ0v) is 17.7. The van der Waals surface area contributed by atoms with Gasteiger partial charge in [0.2, 0.25) is 5.91 Å². The fraction of sp³-hybridized carbons (Fsp3) is 0.292. The number of rotatable bonds is 7. The normalized spacial score (nSPS) is 17.9. The van der Waals surface area contributed by atoms with Crippen molar-refractivity contribution in [3.8, 4) is 0 Å².